The van der Waals surface area contributed by atoms with Gasteiger partial charge in [0.1, 0.15) is 5.82 Å². The van der Waals surface area contributed by atoms with Crippen molar-refractivity contribution < 1.29 is 5.11 Å². The molecule has 0 amide bonds. The van der Waals surface area contributed by atoms with Crippen molar-refractivity contribution in [3.05, 3.63) is 18.3 Å². The molecule has 0 spiro atoms. The summed E-state index contributed by atoms with van der Waals surface area (Å²) in [5.41, 5.74) is 1.13. The summed E-state index contributed by atoms with van der Waals surface area (Å²) in [6.45, 7) is 4.38. The molecule has 0 bridgehead atoms. The minimum absolute atomic E-state index is 0.161. The number of anilines is 2. The fourth-order valence-electron chi connectivity index (χ4n) is 1.56. The summed E-state index contributed by atoms with van der Waals surface area (Å²) < 4.78 is 0. The predicted molar refractivity (Wildman–Crippen MR) is 56.6 cm³/mol. The monoisotopic (exact) mass is 193 g/mol. The SMILES string of the molecule is CCNc1cc(N2CC(O)C2)ccn1. The van der Waals surface area contributed by atoms with Gasteiger partial charge in [0, 0.05) is 37.6 Å². The molecule has 1 saturated heterocycles. The Morgan fingerprint density at radius 1 is 1.64 bits per heavy atom. The first-order chi connectivity index (χ1) is 6.79. The highest BCUT2D eigenvalue weighted by Crippen LogP contribution is 2.22. The zero-order valence-corrected chi connectivity index (χ0v) is 8.27. The van der Waals surface area contributed by atoms with Crippen LogP contribution >= 0.6 is 0 Å². The Morgan fingerprint density at radius 2 is 2.43 bits per heavy atom. The van der Waals surface area contributed by atoms with E-state index < -0.39 is 0 Å². The number of β-amino-alcohol motifs (C(OH)–C–C–N with tert-alkyl or cyclic N) is 1. The van der Waals surface area contributed by atoms with Gasteiger partial charge in [0.05, 0.1) is 6.10 Å². The van der Waals surface area contributed by atoms with Crippen molar-refractivity contribution in [1.82, 2.24) is 4.98 Å². The lowest BCUT2D eigenvalue weighted by Gasteiger charge is -2.37. The first kappa shape index (κ1) is 9.27. The number of nitrogens with one attached hydrogen (secondary N) is 1. The van der Waals surface area contributed by atoms with Gasteiger partial charge in [-0.15, -0.1) is 0 Å². The van der Waals surface area contributed by atoms with E-state index in [-0.39, 0.29) is 6.10 Å². The predicted octanol–water partition coefficient (Wildman–Crippen LogP) is 0.694. The first-order valence-electron chi connectivity index (χ1n) is 4.92. The van der Waals surface area contributed by atoms with Crippen LogP contribution in [0.1, 0.15) is 6.92 Å². The molecule has 4 nitrogen and oxygen atoms in total. The van der Waals surface area contributed by atoms with Crippen molar-refractivity contribution in [2.24, 2.45) is 0 Å². The molecule has 1 aromatic heterocycles. The average molecular weight is 193 g/mol. The van der Waals surface area contributed by atoms with Gasteiger partial charge in [-0.1, -0.05) is 0 Å². The van der Waals surface area contributed by atoms with Gasteiger partial charge in [0.2, 0.25) is 0 Å². The number of hydrogen-bond donors (Lipinski definition) is 2. The van der Waals surface area contributed by atoms with Gasteiger partial charge in [0.15, 0.2) is 0 Å². The van der Waals surface area contributed by atoms with Crippen LogP contribution in [0.5, 0.6) is 0 Å². The van der Waals surface area contributed by atoms with E-state index in [9.17, 15) is 5.11 Å². The second kappa shape index (κ2) is 3.84. The Labute approximate surface area is 83.6 Å². The molecule has 0 aliphatic carbocycles. The van der Waals surface area contributed by atoms with Crippen LogP contribution in [0.2, 0.25) is 0 Å². The molecule has 0 aromatic carbocycles. The van der Waals surface area contributed by atoms with Crippen LogP contribution in [0.25, 0.3) is 0 Å². The van der Waals surface area contributed by atoms with Gasteiger partial charge < -0.3 is 15.3 Å². The van der Waals surface area contributed by atoms with Gasteiger partial charge in [-0.2, -0.15) is 0 Å². The van der Waals surface area contributed by atoms with Crippen LogP contribution in [0, 0.1) is 0 Å². The largest absolute Gasteiger partial charge is 0.389 e. The third-order valence-electron chi connectivity index (χ3n) is 2.33. The summed E-state index contributed by atoms with van der Waals surface area (Å²) in [6, 6.07) is 3.97. The molecule has 1 fully saturated rings. The van der Waals surface area contributed by atoms with Crippen molar-refractivity contribution in [3.63, 3.8) is 0 Å². The third-order valence-corrected chi connectivity index (χ3v) is 2.33. The lowest BCUT2D eigenvalue weighted by atomic mass is 10.1. The quantitative estimate of drug-likeness (QED) is 0.741. The van der Waals surface area contributed by atoms with Crippen LogP contribution in [0.4, 0.5) is 11.5 Å². The minimum Gasteiger partial charge on any atom is -0.389 e. The molecule has 2 heterocycles. The van der Waals surface area contributed by atoms with Crippen molar-refractivity contribution in [2.75, 3.05) is 29.9 Å². The first-order valence-corrected chi connectivity index (χ1v) is 4.92. The standard InChI is InChI=1S/C10H15N3O/c1-2-11-10-5-8(3-4-12-10)13-6-9(14)7-13/h3-5,9,14H,2,6-7H2,1H3,(H,11,12). The molecule has 1 aliphatic rings. The van der Waals surface area contributed by atoms with Crippen LogP contribution in [-0.4, -0.2) is 35.8 Å². The molecule has 4 heteroatoms. The molecule has 14 heavy (non-hydrogen) atoms. The zero-order valence-electron chi connectivity index (χ0n) is 8.27. The average Bonchev–Trinajstić information content (AvgIpc) is 2.14. The molecular formula is C10H15N3O. The number of aliphatic hydroxyl groups is 1. The summed E-state index contributed by atoms with van der Waals surface area (Å²) >= 11 is 0. The number of hydrogen-bond acceptors (Lipinski definition) is 4. The normalized spacial score (nSPS) is 16.6. The molecule has 1 aliphatic heterocycles. The molecule has 2 rings (SSSR count). The molecule has 0 atom stereocenters. The number of rotatable bonds is 3. The lowest BCUT2D eigenvalue weighted by Crippen LogP contribution is -2.50. The second-order valence-corrected chi connectivity index (χ2v) is 3.49. The molecule has 76 valence electrons. The number of pyridine rings is 1. The number of aromatic nitrogens is 1. The van der Waals surface area contributed by atoms with Gasteiger partial charge >= 0.3 is 0 Å². The van der Waals surface area contributed by atoms with Crippen molar-refractivity contribution in [1.29, 1.82) is 0 Å². The van der Waals surface area contributed by atoms with Crippen LogP contribution in [0.3, 0.4) is 0 Å². The maximum Gasteiger partial charge on any atom is 0.127 e. The minimum atomic E-state index is -0.161. The highest BCUT2D eigenvalue weighted by Gasteiger charge is 2.24. The topological polar surface area (TPSA) is 48.4 Å². The van der Waals surface area contributed by atoms with E-state index >= 15 is 0 Å². The van der Waals surface area contributed by atoms with Crippen molar-refractivity contribution in [3.8, 4) is 0 Å². The van der Waals surface area contributed by atoms with Gasteiger partial charge in [-0.3, -0.25) is 0 Å². The van der Waals surface area contributed by atoms with E-state index in [1.807, 2.05) is 19.1 Å². The summed E-state index contributed by atoms with van der Waals surface area (Å²) in [6.07, 6.45) is 1.63. The third kappa shape index (κ3) is 1.80. The smallest absolute Gasteiger partial charge is 0.127 e. The highest BCUT2D eigenvalue weighted by molar-refractivity contribution is 5.55. The fourth-order valence-corrected chi connectivity index (χ4v) is 1.56. The molecule has 2 N–H and O–H groups in total. The fraction of sp³-hybridized carbons (Fsp3) is 0.500. The van der Waals surface area contributed by atoms with E-state index in [0.29, 0.717) is 0 Å². The van der Waals surface area contributed by atoms with Crippen molar-refractivity contribution in [2.45, 2.75) is 13.0 Å². The van der Waals surface area contributed by atoms with E-state index in [1.165, 1.54) is 0 Å². The summed E-state index contributed by atoms with van der Waals surface area (Å²) in [5.74, 6) is 0.895. The maximum atomic E-state index is 9.18. The zero-order chi connectivity index (χ0) is 9.97. The highest BCUT2D eigenvalue weighted by atomic mass is 16.3. The Balaban J connectivity index is 2.06. The number of aliphatic hydroxyl groups excluding tert-OH is 1. The van der Waals surface area contributed by atoms with E-state index in [2.05, 4.69) is 15.2 Å². The van der Waals surface area contributed by atoms with E-state index in [1.54, 1.807) is 6.20 Å². The summed E-state index contributed by atoms with van der Waals surface area (Å²) in [7, 11) is 0. The maximum absolute atomic E-state index is 9.18. The van der Waals surface area contributed by atoms with E-state index in [0.717, 1.165) is 31.1 Å². The molecule has 0 saturated carbocycles. The molecule has 1 aromatic rings. The van der Waals surface area contributed by atoms with Crippen molar-refractivity contribution >= 4 is 11.5 Å². The van der Waals surface area contributed by atoms with Crippen LogP contribution in [0.15, 0.2) is 18.3 Å². The Morgan fingerprint density at radius 3 is 3.07 bits per heavy atom. The Bertz CT molecular complexity index is 310. The molecule has 0 unspecified atom stereocenters. The van der Waals surface area contributed by atoms with Gasteiger partial charge in [-0.25, -0.2) is 4.98 Å². The van der Waals surface area contributed by atoms with E-state index in [4.69, 9.17) is 0 Å². The molecule has 0 radical (unpaired) electrons. The Hall–Kier alpha value is -1.29. The summed E-state index contributed by atoms with van der Waals surface area (Å²) in [5, 5.41) is 12.3. The van der Waals surface area contributed by atoms with Gasteiger partial charge in [-0.05, 0) is 13.0 Å². The van der Waals surface area contributed by atoms with Crippen LogP contribution < -0.4 is 10.2 Å². The second-order valence-electron chi connectivity index (χ2n) is 3.49. The summed E-state index contributed by atoms with van der Waals surface area (Å²) in [4.78, 5) is 6.32. The van der Waals surface area contributed by atoms with Crippen LogP contribution in [-0.2, 0) is 0 Å². The van der Waals surface area contributed by atoms with Gasteiger partial charge in [0.25, 0.3) is 0 Å². The lowest BCUT2D eigenvalue weighted by molar-refractivity contribution is 0.142. The Kier molecular flexibility index (Phi) is 2.54. The number of nitrogens with zero attached hydrogens (tertiary/aromatic N) is 2. The molecular weight excluding hydrogens is 178 g/mol.